The van der Waals surface area contributed by atoms with Crippen LogP contribution in [0.1, 0.15) is 40.9 Å². The Morgan fingerprint density at radius 1 is 1.08 bits per heavy atom. The van der Waals surface area contributed by atoms with Gasteiger partial charge in [0.2, 0.25) is 10.0 Å². The maximum absolute atomic E-state index is 12.6. The summed E-state index contributed by atoms with van der Waals surface area (Å²) in [6.07, 6.45) is 4.45. The molecule has 3 rings (SSSR count). The average molecular weight is 373 g/mol. The standard InChI is InChI=1S/C19H23N3O3S/c1-15-5-8-17(14-20-15)19(23)21-13-16-6-9-18(10-7-16)26(24,25)22-11-3-2-4-12-22/h5-10,14H,2-4,11-13H2,1H3,(H,21,23). The van der Waals surface area contributed by atoms with Crippen molar-refractivity contribution in [3.8, 4) is 0 Å². The van der Waals surface area contributed by atoms with E-state index in [2.05, 4.69) is 10.3 Å². The molecule has 0 aliphatic carbocycles. The van der Waals surface area contributed by atoms with Crippen molar-refractivity contribution in [2.75, 3.05) is 13.1 Å². The van der Waals surface area contributed by atoms with Gasteiger partial charge in [-0.25, -0.2) is 8.42 Å². The molecule has 1 saturated heterocycles. The van der Waals surface area contributed by atoms with Crippen molar-refractivity contribution in [3.63, 3.8) is 0 Å². The second-order valence-corrected chi connectivity index (χ2v) is 8.42. The van der Waals surface area contributed by atoms with E-state index >= 15 is 0 Å². The van der Waals surface area contributed by atoms with Crippen LogP contribution in [0.2, 0.25) is 0 Å². The molecule has 7 heteroatoms. The van der Waals surface area contributed by atoms with Gasteiger partial charge in [0.05, 0.1) is 10.5 Å². The van der Waals surface area contributed by atoms with E-state index in [0.717, 1.165) is 30.5 Å². The van der Waals surface area contributed by atoms with Gasteiger partial charge in [-0.1, -0.05) is 18.6 Å². The maximum atomic E-state index is 12.6. The summed E-state index contributed by atoms with van der Waals surface area (Å²) in [5.74, 6) is -0.206. The van der Waals surface area contributed by atoms with Gasteiger partial charge >= 0.3 is 0 Å². The number of amides is 1. The number of hydrogen-bond donors (Lipinski definition) is 1. The highest BCUT2D eigenvalue weighted by molar-refractivity contribution is 7.89. The van der Waals surface area contributed by atoms with Crippen LogP contribution in [-0.2, 0) is 16.6 Å². The van der Waals surface area contributed by atoms with E-state index in [9.17, 15) is 13.2 Å². The molecule has 138 valence electrons. The summed E-state index contributed by atoms with van der Waals surface area (Å²) >= 11 is 0. The van der Waals surface area contributed by atoms with Gasteiger partial charge in [0.15, 0.2) is 0 Å². The summed E-state index contributed by atoms with van der Waals surface area (Å²) in [5, 5.41) is 2.82. The predicted octanol–water partition coefficient (Wildman–Crippen LogP) is 2.49. The molecule has 2 heterocycles. The zero-order chi connectivity index (χ0) is 18.6. The number of pyridine rings is 1. The number of benzene rings is 1. The van der Waals surface area contributed by atoms with E-state index in [4.69, 9.17) is 0 Å². The molecule has 1 amide bonds. The number of rotatable bonds is 5. The van der Waals surface area contributed by atoms with Crippen LogP contribution in [-0.4, -0.2) is 36.7 Å². The fourth-order valence-electron chi connectivity index (χ4n) is 2.92. The Hall–Kier alpha value is -2.25. The van der Waals surface area contributed by atoms with Gasteiger partial charge in [-0.05, 0) is 49.6 Å². The van der Waals surface area contributed by atoms with Crippen LogP contribution < -0.4 is 5.32 Å². The highest BCUT2D eigenvalue weighted by Gasteiger charge is 2.25. The number of carbonyl (C=O) groups is 1. The molecule has 1 fully saturated rings. The lowest BCUT2D eigenvalue weighted by Gasteiger charge is -2.25. The largest absolute Gasteiger partial charge is 0.348 e. The number of aryl methyl sites for hydroxylation is 1. The van der Waals surface area contributed by atoms with E-state index in [0.29, 0.717) is 30.1 Å². The number of nitrogens with zero attached hydrogens (tertiary/aromatic N) is 2. The minimum atomic E-state index is -3.42. The van der Waals surface area contributed by atoms with Crippen molar-refractivity contribution >= 4 is 15.9 Å². The highest BCUT2D eigenvalue weighted by Crippen LogP contribution is 2.20. The minimum absolute atomic E-state index is 0.206. The van der Waals surface area contributed by atoms with E-state index in [-0.39, 0.29) is 5.91 Å². The molecule has 0 radical (unpaired) electrons. The number of piperidine rings is 1. The lowest BCUT2D eigenvalue weighted by molar-refractivity contribution is 0.0950. The second-order valence-electron chi connectivity index (χ2n) is 6.48. The van der Waals surface area contributed by atoms with Crippen LogP contribution in [0.4, 0.5) is 0 Å². The van der Waals surface area contributed by atoms with Gasteiger partial charge in [0, 0.05) is 31.5 Å². The lowest BCUT2D eigenvalue weighted by Crippen LogP contribution is -2.35. The normalized spacial score (nSPS) is 15.6. The third kappa shape index (κ3) is 4.28. The van der Waals surface area contributed by atoms with E-state index in [1.54, 1.807) is 46.9 Å². The van der Waals surface area contributed by atoms with Gasteiger partial charge in [-0.3, -0.25) is 9.78 Å². The lowest BCUT2D eigenvalue weighted by atomic mass is 10.2. The Labute approximate surface area is 154 Å². The third-order valence-corrected chi connectivity index (χ3v) is 6.42. The predicted molar refractivity (Wildman–Crippen MR) is 99.2 cm³/mol. The fraction of sp³-hybridized carbons (Fsp3) is 0.368. The first-order valence-corrected chi connectivity index (χ1v) is 10.2. The molecule has 1 aliphatic heterocycles. The first-order valence-electron chi connectivity index (χ1n) is 8.77. The third-order valence-electron chi connectivity index (χ3n) is 4.50. The highest BCUT2D eigenvalue weighted by atomic mass is 32.2. The molecule has 1 aliphatic rings. The van der Waals surface area contributed by atoms with Crippen LogP contribution in [0.3, 0.4) is 0 Å². The summed E-state index contributed by atoms with van der Waals surface area (Å²) in [6, 6.07) is 10.2. The van der Waals surface area contributed by atoms with Crippen LogP contribution in [0, 0.1) is 6.92 Å². The van der Waals surface area contributed by atoms with Crippen LogP contribution in [0.15, 0.2) is 47.5 Å². The molecular weight excluding hydrogens is 350 g/mol. The molecule has 1 aromatic heterocycles. The van der Waals surface area contributed by atoms with E-state index in [1.165, 1.54) is 0 Å². The molecule has 0 saturated carbocycles. The molecule has 1 N–H and O–H groups in total. The zero-order valence-electron chi connectivity index (χ0n) is 14.8. The molecule has 26 heavy (non-hydrogen) atoms. The fourth-order valence-corrected chi connectivity index (χ4v) is 4.44. The number of carbonyl (C=O) groups excluding carboxylic acids is 1. The van der Waals surface area contributed by atoms with Crippen molar-refractivity contribution in [3.05, 3.63) is 59.4 Å². The summed E-state index contributed by atoms with van der Waals surface area (Å²) < 4.78 is 26.8. The monoisotopic (exact) mass is 373 g/mol. The van der Waals surface area contributed by atoms with Crippen LogP contribution in [0.5, 0.6) is 0 Å². The summed E-state index contributed by atoms with van der Waals surface area (Å²) in [5.41, 5.74) is 2.20. The Balaban J connectivity index is 1.62. The van der Waals surface area contributed by atoms with Gasteiger partial charge in [0.1, 0.15) is 0 Å². The molecule has 2 aromatic rings. The smallest absolute Gasteiger partial charge is 0.253 e. The van der Waals surface area contributed by atoms with Crippen molar-refractivity contribution in [1.29, 1.82) is 0 Å². The Bertz CT molecular complexity index is 856. The van der Waals surface area contributed by atoms with Crippen molar-refractivity contribution in [2.24, 2.45) is 0 Å². The topological polar surface area (TPSA) is 79.4 Å². The minimum Gasteiger partial charge on any atom is -0.348 e. The van der Waals surface area contributed by atoms with Crippen molar-refractivity contribution < 1.29 is 13.2 Å². The maximum Gasteiger partial charge on any atom is 0.253 e. The Kier molecular flexibility index (Phi) is 5.68. The molecule has 1 aromatic carbocycles. The molecule has 0 bridgehead atoms. The number of nitrogens with one attached hydrogen (secondary N) is 1. The van der Waals surface area contributed by atoms with Gasteiger partial charge in [-0.15, -0.1) is 0 Å². The van der Waals surface area contributed by atoms with Gasteiger partial charge < -0.3 is 5.32 Å². The summed E-state index contributed by atoms with van der Waals surface area (Å²) in [7, 11) is -3.42. The van der Waals surface area contributed by atoms with Crippen molar-refractivity contribution in [1.82, 2.24) is 14.6 Å². The molecule has 0 spiro atoms. The van der Waals surface area contributed by atoms with Gasteiger partial charge in [0.25, 0.3) is 5.91 Å². The molecule has 0 unspecified atom stereocenters. The number of sulfonamides is 1. The Morgan fingerprint density at radius 3 is 2.38 bits per heavy atom. The Morgan fingerprint density at radius 2 is 1.77 bits per heavy atom. The van der Waals surface area contributed by atoms with E-state index in [1.807, 2.05) is 6.92 Å². The SMILES string of the molecule is Cc1ccc(C(=O)NCc2ccc(S(=O)(=O)N3CCCCC3)cc2)cn1. The van der Waals surface area contributed by atoms with Crippen LogP contribution >= 0.6 is 0 Å². The zero-order valence-corrected chi connectivity index (χ0v) is 15.6. The average Bonchev–Trinajstić information content (AvgIpc) is 2.67. The van der Waals surface area contributed by atoms with E-state index < -0.39 is 10.0 Å². The van der Waals surface area contributed by atoms with Crippen molar-refractivity contribution in [2.45, 2.75) is 37.6 Å². The first-order chi connectivity index (χ1) is 12.5. The molecule has 6 nitrogen and oxygen atoms in total. The van der Waals surface area contributed by atoms with Gasteiger partial charge in [-0.2, -0.15) is 4.31 Å². The first kappa shape index (κ1) is 18.5. The second kappa shape index (κ2) is 7.97. The quantitative estimate of drug-likeness (QED) is 0.873. The number of aromatic nitrogens is 1. The summed E-state index contributed by atoms with van der Waals surface area (Å²) in [6.45, 7) is 3.37. The molecular formula is C19H23N3O3S. The van der Waals surface area contributed by atoms with Crippen LogP contribution in [0.25, 0.3) is 0 Å². The molecule has 0 atom stereocenters. The summed E-state index contributed by atoms with van der Waals surface area (Å²) in [4.78, 5) is 16.5. The number of hydrogen-bond acceptors (Lipinski definition) is 4.